The molecule has 1 rings (SSSR count). The molecule has 0 fully saturated rings. The van der Waals surface area contributed by atoms with Gasteiger partial charge in [0.2, 0.25) is 0 Å². The summed E-state index contributed by atoms with van der Waals surface area (Å²) < 4.78 is 2.06. The summed E-state index contributed by atoms with van der Waals surface area (Å²) >= 11 is 7.39. The van der Waals surface area contributed by atoms with E-state index < -0.39 is 0 Å². The van der Waals surface area contributed by atoms with Crippen molar-refractivity contribution in [2.24, 2.45) is 17.3 Å². The predicted molar refractivity (Wildman–Crippen MR) is 88.0 cm³/mol. The van der Waals surface area contributed by atoms with E-state index in [9.17, 15) is 0 Å². The van der Waals surface area contributed by atoms with Crippen LogP contribution in [0.25, 0.3) is 0 Å². The molecular weight excluding hydrogens is 370 g/mol. The Bertz CT molecular complexity index is 371. The topological polar surface area (TPSA) is 30.7 Å². The van der Waals surface area contributed by atoms with Crippen molar-refractivity contribution in [3.63, 3.8) is 0 Å². The third kappa shape index (κ3) is 5.18. The fraction of sp³-hybridized carbons (Fsp3) is 0.857. The van der Waals surface area contributed by atoms with E-state index in [2.05, 4.69) is 74.3 Å². The molecule has 0 saturated carbocycles. The molecule has 3 nitrogen and oxygen atoms in total. The summed E-state index contributed by atoms with van der Waals surface area (Å²) in [4.78, 5) is 4.47. The monoisotopic (exact) mass is 393 g/mol. The molecule has 0 N–H and O–H groups in total. The Morgan fingerprint density at radius 2 is 1.79 bits per heavy atom. The van der Waals surface area contributed by atoms with Gasteiger partial charge < -0.3 is 0 Å². The first kappa shape index (κ1) is 17.2. The first-order valence-electron chi connectivity index (χ1n) is 6.91. The highest BCUT2D eigenvalue weighted by Crippen LogP contribution is 2.34. The first-order valence-corrected chi connectivity index (χ1v) is 9.15. The number of nitrogens with zero attached hydrogens (tertiary/aromatic N) is 3. The maximum absolute atomic E-state index is 4.47. The molecule has 0 atom stereocenters. The summed E-state index contributed by atoms with van der Waals surface area (Å²) in [6.07, 6.45) is 3.83. The fourth-order valence-electron chi connectivity index (χ4n) is 2.44. The molecule has 19 heavy (non-hydrogen) atoms. The predicted octanol–water partition coefficient (Wildman–Crippen LogP) is 4.30. The van der Waals surface area contributed by atoms with E-state index in [0.29, 0.717) is 11.8 Å². The van der Waals surface area contributed by atoms with E-state index in [1.807, 2.05) is 0 Å². The molecule has 0 bridgehead atoms. The van der Waals surface area contributed by atoms with E-state index in [1.165, 1.54) is 6.42 Å². The molecule has 0 aliphatic rings. The molecule has 1 heterocycles. The molecule has 0 amide bonds. The lowest BCUT2D eigenvalue weighted by Crippen LogP contribution is -2.31. The molecule has 5 heteroatoms. The lowest BCUT2D eigenvalue weighted by Gasteiger charge is -2.31. The van der Waals surface area contributed by atoms with E-state index in [-0.39, 0.29) is 5.41 Å². The molecule has 1 aromatic heterocycles. The van der Waals surface area contributed by atoms with Crippen LogP contribution in [0.15, 0.2) is 6.33 Å². The summed E-state index contributed by atoms with van der Waals surface area (Å²) in [6.45, 7) is 9.92. The molecule has 0 spiro atoms. The van der Waals surface area contributed by atoms with Crippen molar-refractivity contribution in [3.05, 3.63) is 12.2 Å². The molecule has 0 unspecified atom stereocenters. The van der Waals surface area contributed by atoms with Gasteiger partial charge in [-0.2, -0.15) is 5.10 Å². The van der Waals surface area contributed by atoms with Gasteiger partial charge in [-0.3, -0.25) is 0 Å². The Hall–Kier alpha value is 0.100. The van der Waals surface area contributed by atoms with E-state index in [1.54, 1.807) is 6.33 Å². The van der Waals surface area contributed by atoms with Crippen LogP contribution >= 0.6 is 31.9 Å². The van der Waals surface area contributed by atoms with Crippen molar-refractivity contribution in [1.29, 1.82) is 0 Å². The molecule has 0 saturated heterocycles. The Labute approximate surface area is 133 Å². The molecule has 0 aliphatic heterocycles. The van der Waals surface area contributed by atoms with Crippen molar-refractivity contribution in [2.75, 3.05) is 10.7 Å². The molecule has 0 aliphatic carbocycles. The second kappa shape index (κ2) is 7.77. The quantitative estimate of drug-likeness (QED) is 0.615. The Morgan fingerprint density at radius 1 is 1.16 bits per heavy atom. The highest BCUT2D eigenvalue weighted by Gasteiger charge is 2.31. The van der Waals surface area contributed by atoms with Gasteiger partial charge in [0.15, 0.2) is 0 Å². The van der Waals surface area contributed by atoms with Crippen LogP contribution in [-0.4, -0.2) is 25.4 Å². The zero-order chi connectivity index (χ0) is 14.5. The number of aromatic nitrogens is 3. The minimum Gasteiger partial charge on any atom is -0.250 e. The number of hydrogen-bond donors (Lipinski definition) is 0. The molecule has 0 aromatic carbocycles. The van der Waals surface area contributed by atoms with Crippen LogP contribution < -0.4 is 0 Å². The van der Waals surface area contributed by atoms with Crippen molar-refractivity contribution in [3.8, 4) is 0 Å². The molecule has 1 aromatic rings. The minimum atomic E-state index is 0.218. The average Bonchev–Trinajstić information content (AvgIpc) is 2.74. The van der Waals surface area contributed by atoms with Gasteiger partial charge >= 0.3 is 0 Å². The van der Waals surface area contributed by atoms with E-state index in [4.69, 9.17) is 0 Å². The number of halogens is 2. The third-order valence-corrected chi connectivity index (χ3v) is 5.55. The highest BCUT2D eigenvalue weighted by atomic mass is 79.9. The smallest absolute Gasteiger partial charge is 0.138 e. The normalized spacial score (nSPS) is 12.6. The van der Waals surface area contributed by atoms with Crippen molar-refractivity contribution < 1.29 is 0 Å². The lowest BCUT2D eigenvalue weighted by molar-refractivity contribution is 0.291. The fourth-order valence-corrected chi connectivity index (χ4v) is 4.22. The van der Waals surface area contributed by atoms with Gasteiger partial charge in [-0.05, 0) is 23.7 Å². The van der Waals surface area contributed by atoms with Crippen LogP contribution in [0, 0.1) is 17.3 Å². The highest BCUT2D eigenvalue weighted by molar-refractivity contribution is 9.09. The van der Waals surface area contributed by atoms with Crippen LogP contribution in [-0.2, 0) is 13.0 Å². The van der Waals surface area contributed by atoms with Gasteiger partial charge in [0.25, 0.3) is 0 Å². The van der Waals surface area contributed by atoms with Crippen molar-refractivity contribution in [2.45, 2.75) is 47.1 Å². The molecule has 0 radical (unpaired) electrons. The Balaban J connectivity index is 2.87. The zero-order valence-electron chi connectivity index (χ0n) is 12.4. The van der Waals surface area contributed by atoms with Crippen molar-refractivity contribution >= 4 is 31.9 Å². The molecule has 110 valence electrons. The number of hydrogen-bond acceptors (Lipinski definition) is 2. The average molecular weight is 395 g/mol. The SMILES string of the molecule is CC(C)Cn1ncnc1CC(CBr)(CBr)CC(C)C. The van der Waals surface area contributed by atoms with Crippen LogP contribution in [0.5, 0.6) is 0 Å². The Kier molecular flexibility index (Phi) is 7.01. The van der Waals surface area contributed by atoms with E-state index >= 15 is 0 Å². The van der Waals surface area contributed by atoms with Gasteiger partial charge in [0, 0.05) is 23.6 Å². The van der Waals surface area contributed by atoms with Crippen LogP contribution in [0.4, 0.5) is 0 Å². The largest absolute Gasteiger partial charge is 0.250 e. The summed E-state index contributed by atoms with van der Waals surface area (Å²) in [5, 5.41) is 6.33. The first-order chi connectivity index (χ1) is 8.92. The maximum atomic E-state index is 4.47. The van der Waals surface area contributed by atoms with Gasteiger partial charge in [-0.1, -0.05) is 59.6 Å². The summed E-state index contributed by atoms with van der Waals surface area (Å²) in [5.74, 6) is 2.37. The number of rotatable bonds is 8. The Morgan fingerprint density at radius 3 is 2.26 bits per heavy atom. The van der Waals surface area contributed by atoms with Crippen LogP contribution in [0.3, 0.4) is 0 Å². The number of alkyl halides is 2. The van der Waals surface area contributed by atoms with Gasteiger partial charge in [0.1, 0.15) is 12.2 Å². The third-order valence-electron chi connectivity index (χ3n) is 3.18. The van der Waals surface area contributed by atoms with Gasteiger partial charge in [-0.15, -0.1) is 0 Å². The summed E-state index contributed by atoms with van der Waals surface area (Å²) in [6, 6.07) is 0. The van der Waals surface area contributed by atoms with Crippen LogP contribution in [0.2, 0.25) is 0 Å². The second-order valence-corrected chi connectivity index (χ2v) is 7.42. The van der Waals surface area contributed by atoms with Gasteiger partial charge in [-0.25, -0.2) is 9.67 Å². The lowest BCUT2D eigenvalue weighted by atomic mass is 9.81. The van der Waals surface area contributed by atoms with Crippen molar-refractivity contribution in [1.82, 2.24) is 14.8 Å². The zero-order valence-corrected chi connectivity index (χ0v) is 15.5. The summed E-state index contributed by atoms with van der Waals surface area (Å²) in [5.41, 5.74) is 0.218. The minimum absolute atomic E-state index is 0.218. The summed E-state index contributed by atoms with van der Waals surface area (Å²) in [7, 11) is 0. The van der Waals surface area contributed by atoms with Gasteiger partial charge in [0.05, 0.1) is 0 Å². The van der Waals surface area contributed by atoms with E-state index in [0.717, 1.165) is 29.5 Å². The standard InChI is InChI=1S/C14H25Br2N3/c1-11(2)5-14(8-15,9-16)6-13-17-10-18-19(13)7-12(3)4/h10-12H,5-9H2,1-4H3. The second-order valence-electron chi connectivity index (χ2n) is 6.29. The van der Waals surface area contributed by atoms with Crippen LogP contribution in [0.1, 0.15) is 39.9 Å². The maximum Gasteiger partial charge on any atom is 0.138 e. The molecular formula is C14H25Br2N3.